The Bertz CT molecular complexity index is 458. The van der Waals surface area contributed by atoms with Crippen molar-refractivity contribution in [1.29, 1.82) is 0 Å². The van der Waals surface area contributed by atoms with Gasteiger partial charge in [0.05, 0.1) is 5.56 Å². The van der Waals surface area contributed by atoms with Gasteiger partial charge in [-0.3, -0.25) is 4.79 Å². The molecule has 1 atom stereocenters. The molecule has 1 unspecified atom stereocenters. The third-order valence-electron chi connectivity index (χ3n) is 2.90. The predicted molar refractivity (Wildman–Crippen MR) is 75.7 cm³/mol. The lowest BCUT2D eigenvalue weighted by Gasteiger charge is -2.32. The maximum Gasteiger partial charge on any atom is 0.156 e. The van der Waals surface area contributed by atoms with E-state index < -0.39 is 0 Å². The number of hydrogen-bond donors (Lipinski definition) is 2. The molecule has 0 fully saturated rings. The molecule has 5 nitrogen and oxygen atoms in total. The Kier molecular flexibility index (Phi) is 5.26. The first-order valence-corrected chi connectivity index (χ1v) is 6.54. The molecule has 0 aromatic carbocycles. The summed E-state index contributed by atoms with van der Waals surface area (Å²) in [6, 6.07) is -0.0263. The van der Waals surface area contributed by atoms with Crippen molar-refractivity contribution >= 4 is 23.7 Å². The van der Waals surface area contributed by atoms with Crippen molar-refractivity contribution in [2.75, 3.05) is 11.9 Å². The number of nitrogens with zero attached hydrogens (tertiary/aromatic N) is 2. The first kappa shape index (κ1) is 15.9. The molecule has 0 bridgehead atoms. The Morgan fingerprint density at radius 1 is 1.42 bits per heavy atom. The van der Waals surface area contributed by atoms with Gasteiger partial charge < -0.3 is 10.4 Å². The molecule has 0 aliphatic carbocycles. The highest BCUT2D eigenvalue weighted by Gasteiger charge is 2.25. The van der Waals surface area contributed by atoms with Gasteiger partial charge in [-0.15, -0.1) is 0 Å². The van der Waals surface area contributed by atoms with Gasteiger partial charge in [-0.1, -0.05) is 32.4 Å². The summed E-state index contributed by atoms with van der Waals surface area (Å²) in [7, 11) is 0. The zero-order valence-corrected chi connectivity index (χ0v) is 12.5. The molecule has 0 amide bonds. The van der Waals surface area contributed by atoms with E-state index in [0.29, 0.717) is 24.3 Å². The van der Waals surface area contributed by atoms with Crippen LogP contribution in [-0.4, -0.2) is 34.0 Å². The van der Waals surface area contributed by atoms with Crippen molar-refractivity contribution in [3.63, 3.8) is 0 Å². The van der Waals surface area contributed by atoms with E-state index in [0.717, 1.165) is 0 Å². The van der Waals surface area contributed by atoms with Crippen molar-refractivity contribution in [3.05, 3.63) is 16.5 Å². The lowest BCUT2D eigenvalue weighted by molar-refractivity contribution is 0.112. The minimum atomic E-state index is -0.0891. The lowest BCUT2D eigenvalue weighted by Crippen LogP contribution is -2.35. The maximum absolute atomic E-state index is 11.1. The molecular formula is C13H20ClN3O2. The van der Waals surface area contributed by atoms with E-state index in [1.165, 1.54) is 0 Å². The van der Waals surface area contributed by atoms with Gasteiger partial charge in [0.1, 0.15) is 16.8 Å². The number of carbonyl (C=O) groups is 1. The van der Waals surface area contributed by atoms with Gasteiger partial charge in [-0.05, 0) is 18.8 Å². The summed E-state index contributed by atoms with van der Waals surface area (Å²) in [5, 5.41) is 12.5. The van der Waals surface area contributed by atoms with Crippen LogP contribution in [0, 0.1) is 12.3 Å². The summed E-state index contributed by atoms with van der Waals surface area (Å²) < 4.78 is 0. The van der Waals surface area contributed by atoms with E-state index in [4.69, 9.17) is 16.7 Å². The van der Waals surface area contributed by atoms with Crippen LogP contribution in [0.15, 0.2) is 0 Å². The average molecular weight is 286 g/mol. The van der Waals surface area contributed by atoms with Crippen LogP contribution in [0.4, 0.5) is 5.82 Å². The summed E-state index contributed by atoms with van der Waals surface area (Å²) in [4.78, 5) is 19.3. The van der Waals surface area contributed by atoms with Crippen LogP contribution in [0.5, 0.6) is 0 Å². The van der Waals surface area contributed by atoms with E-state index in [9.17, 15) is 4.79 Å². The molecule has 106 valence electrons. The molecule has 0 saturated carbocycles. The van der Waals surface area contributed by atoms with E-state index >= 15 is 0 Å². The number of carbonyl (C=O) groups excluding carboxylic acids is 1. The maximum atomic E-state index is 11.1. The summed E-state index contributed by atoms with van der Waals surface area (Å²) in [5.74, 6) is 0.913. The third kappa shape index (κ3) is 4.14. The third-order valence-corrected chi connectivity index (χ3v) is 3.19. The topological polar surface area (TPSA) is 75.1 Å². The van der Waals surface area contributed by atoms with Gasteiger partial charge in [-0.25, -0.2) is 9.97 Å². The molecule has 0 saturated heterocycles. The first-order valence-electron chi connectivity index (χ1n) is 6.16. The molecule has 0 aliphatic heterocycles. The van der Waals surface area contributed by atoms with Crippen molar-refractivity contribution < 1.29 is 9.90 Å². The van der Waals surface area contributed by atoms with Crippen LogP contribution in [0.1, 0.15) is 43.4 Å². The van der Waals surface area contributed by atoms with E-state index in [1.54, 1.807) is 6.92 Å². The first-order chi connectivity index (χ1) is 8.79. The quantitative estimate of drug-likeness (QED) is 0.642. The number of halogens is 1. The molecule has 0 aliphatic rings. The molecule has 6 heteroatoms. The Morgan fingerprint density at radius 3 is 2.53 bits per heavy atom. The number of aryl methyl sites for hydroxylation is 1. The zero-order chi connectivity index (χ0) is 14.6. The minimum Gasteiger partial charge on any atom is -0.396 e. The van der Waals surface area contributed by atoms with Crippen LogP contribution < -0.4 is 5.32 Å². The standard InChI is InChI=1S/C13H20ClN3O2/c1-8-15-11(14)9(7-19)12(16-8)17-10(5-6-18)13(2,3)4/h7,10,18H,5-6H2,1-4H3,(H,15,16,17). The molecule has 1 aromatic heterocycles. The van der Waals surface area contributed by atoms with Crippen LogP contribution in [-0.2, 0) is 0 Å². The smallest absolute Gasteiger partial charge is 0.156 e. The van der Waals surface area contributed by atoms with Crippen molar-refractivity contribution in [1.82, 2.24) is 9.97 Å². The van der Waals surface area contributed by atoms with E-state index in [2.05, 4.69) is 36.1 Å². The molecule has 1 rings (SSSR count). The van der Waals surface area contributed by atoms with Gasteiger partial charge >= 0.3 is 0 Å². The fourth-order valence-corrected chi connectivity index (χ4v) is 2.03. The highest BCUT2D eigenvalue weighted by atomic mass is 35.5. The summed E-state index contributed by atoms with van der Waals surface area (Å²) in [5.41, 5.74) is 0.160. The number of hydrogen-bond acceptors (Lipinski definition) is 5. The Morgan fingerprint density at radius 2 is 2.05 bits per heavy atom. The SMILES string of the molecule is Cc1nc(Cl)c(C=O)c(NC(CCO)C(C)(C)C)n1. The van der Waals surface area contributed by atoms with Gasteiger partial charge in [0.25, 0.3) is 0 Å². The van der Waals surface area contributed by atoms with Gasteiger partial charge in [-0.2, -0.15) is 0 Å². The minimum absolute atomic E-state index is 0.0263. The number of aliphatic hydroxyl groups is 1. The fourth-order valence-electron chi connectivity index (χ4n) is 1.78. The predicted octanol–water partition coefficient (Wildman–Crippen LogP) is 2.46. The molecule has 2 N–H and O–H groups in total. The number of aromatic nitrogens is 2. The highest BCUT2D eigenvalue weighted by molar-refractivity contribution is 6.32. The monoisotopic (exact) mass is 285 g/mol. The molecule has 1 aromatic rings. The second-order valence-corrected chi connectivity index (χ2v) is 5.88. The van der Waals surface area contributed by atoms with Gasteiger partial charge in [0, 0.05) is 12.6 Å². The zero-order valence-electron chi connectivity index (χ0n) is 11.7. The number of rotatable bonds is 5. The molecular weight excluding hydrogens is 266 g/mol. The van der Waals surface area contributed by atoms with Crippen LogP contribution >= 0.6 is 11.6 Å². The molecule has 19 heavy (non-hydrogen) atoms. The molecule has 0 spiro atoms. The normalized spacial score (nSPS) is 13.2. The van der Waals surface area contributed by atoms with Crippen LogP contribution in [0.25, 0.3) is 0 Å². The van der Waals surface area contributed by atoms with Crippen LogP contribution in [0.3, 0.4) is 0 Å². The van der Waals surface area contributed by atoms with Crippen LogP contribution in [0.2, 0.25) is 5.15 Å². The summed E-state index contributed by atoms with van der Waals surface area (Å²) >= 11 is 5.94. The largest absolute Gasteiger partial charge is 0.396 e. The van der Waals surface area contributed by atoms with Gasteiger partial charge in [0.15, 0.2) is 6.29 Å². The van der Waals surface area contributed by atoms with Gasteiger partial charge in [0.2, 0.25) is 0 Å². The Hall–Kier alpha value is -1.20. The average Bonchev–Trinajstić information content (AvgIpc) is 2.26. The second-order valence-electron chi connectivity index (χ2n) is 5.52. The van der Waals surface area contributed by atoms with Crippen molar-refractivity contribution in [2.24, 2.45) is 5.41 Å². The number of aliphatic hydroxyl groups excluding tert-OH is 1. The Labute approximate surface area is 118 Å². The molecule has 1 heterocycles. The van der Waals surface area contributed by atoms with Crippen molar-refractivity contribution in [2.45, 2.75) is 40.2 Å². The van der Waals surface area contributed by atoms with E-state index in [1.807, 2.05) is 0 Å². The van der Waals surface area contributed by atoms with Crippen molar-refractivity contribution in [3.8, 4) is 0 Å². The second kappa shape index (κ2) is 6.30. The number of anilines is 1. The Balaban J connectivity index is 3.12. The fraction of sp³-hybridized carbons (Fsp3) is 0.615. The summed E-state index contributed by atoms with van der Waals surface area (Å²) in [6.45, 7) is 7.93. The summed E-state index contributed by atoms with van der Waals surface area (Å²) in [6.07, 6.45) is 1.20. The lowest BCUT2D eigenvalue weighted by atomic mass is 9.85. The highest BCUT2D eigenvalue weighted by Crippen LogP contribution is 2.27. The van der Waals surface area contributed by atoms with E-state index in [-0.39, 0.29) is 28.8 Å². The number of nitrogens with one attached hydrogen (secondary N) is 1. The molecule has 0 radical (unpaired) electrons. The number of aldehydes is 1.